The second-order valence-corrected chi connectivity index (χ2v) is 10.6. The van der Waals surface area contributed by atoms with Gasteiger partial charge < -0.3 is 15.1 Å². The van der Waals surface area contributed by atoms with Crippen molar-refractivity contribution in [3.63, 3.8) is 0 Å². The van der Waals surface area contributed by atoms with Crippen molar-refractivity contribution in [2.75, 3.05) is 44.6 Å². The smallest absolute Gasteiger partial charge is 0.263 e. The highest BCUT2D eigenvalue weighted by atomic mass is 32.1. The van der Waals surface area contributed by atoms with Gasteiger partial charge in [-0.05, 0) is 82.4 Å². The molecule has 0 bridgehead atoms. The number of rotatable bonds is 9. The predicted molar refractivity (Wildman–Crippen MR) is 151 cm³/mol. The Morgan fingerprint density at radius 1 is 1.08 bits per heavy atom. The molecule has 0 saturated carbocycles. The Hall–Kier alpha value is -3.03. The van der Waals surface area contributed by atoms with Crippen LogP contribution in [0.1, 0.15) is 49.2 Å². The highest BCUT2D eigenvalue weighted by Gasteiger charge is 2.16. The number of pyridine rings is 2. The first kappa shape index (κ1) is 24.7. The molecule has 1 aliphatic rings. The van der Waals surface area contributed by atoms with Gasteiger partial charge in [-0.25, -0.2) is 4.98 Å². The van der Waals surface area contributed by atoms with Crippen LogP contribution in [0.15, 0.2) is 48.8 Å². The van der Waals surface area contributed by atoms with E-state index in [1.807, 2.05) is 37.1 Å². The van der Waals surface area contributed by atoms with Gasteiger partial charge >= 0.3 is 0 Å². The van der Waals surface area contributed by atoms with Crippen molar-refractivity contribution in [1.29, 1.82) is 0 Å². The van der Waals surface area contributed by atoms with Gasteiger partial charge in [-0.2, -0.15) is 0 Å². The zero-order chi connectivity index (χ0) is 24.9. The molecule has 0 atom stereocenters. The summed E-state index contributed by atoms with van der Waals surface area (Å²) < 4.78 is 1.11. The molecule has 5 rings (SSSR count). The van der Waals surface area contributed by atoms with Crippen LogP contribution in [-0.2, 0) is 0 Å². The number of thiophene rings is 1. The molecular formula is C29H35N5OS. The second kappa shape index (κ2) is 11.4. The SMILES string of the molecule is CCN(CC)C(=O)c1cc2ccc(-c3cc(NCCCN4CCCCC4)c4cnccc4n3)cc2s1. The fourth-order valence-corrected chi connectivity index (χ4v) is 6.10. The van der Waals surface area contributed by atoms with Crippen LogP contribution in [0.4, 0.5) is 5.69 Å². The number of nitrogens with one attached hydrogen (secondary N) is 1. The molecule has 0 radical (unpaired) electrons. The van der Waals surface area contributed by atoms with Gasteiger partial charge in [0.1, 0.15) is 0 Å². The third kappa shape index (κ3) is 5.37. The Kier molecular flexibility index (Phi) is 7.78. The number of amides is 1. The third-order valence-electron chi connectivity index (χ3n) is 7.10. The Morgan fingerprint density at radius 3 is 2.72 bits per heavy atom. The average molecular weight is 502 g/mol. The summed E-state index contributed by atoms with van der Waals surface area (Å²) in [4.78, 5) is 27.4. The topological polar surface area (TPSA) is 61.4 Å². The van der Waals surface area contributed by atoms with E-state index in [-0.39, 0.29) is 5.91 Å². The van der Waals surface area contributed by atoms with E-state index in [2.05, 4.69) is 39.5 Å². The lowest BCUT2D eigenvalue weighted by Crippen LogP contribution is -2.31. The summed E-state index contributed by atoms with van der Waals surface area (Å²) in [5.41, 5.74) is 4.00. The van der Waals surface area contributed by atoms with E-state index in [1.54, 1.807) is 17.5 Å². The van der Waals surface area contributed by atoms with E-state index in [9.17, 15) is 4.79 Å². The quantitative estimate of drug-likeness (QED) is 0.274. The molecule has 1 aromatic carbocycles. The lowest BCUT2D eigenvalue weighted by molar-refractivity contribution is 0.0778. The normalized spacial score (nSPS) is 14.4. The molecule has 1 fully saturated rings. The van der Waals surface area contributed by atoms with Crippen molar-refractivity contribution in [3.05, 3.63) is 53.7 Å². The van der Waals surface area contributed by atoms with E-state index < -0.39 is 0 Å². The molecule has 1 amide bonds. The minimum absolute atomic E-state index is 0.107. The van der Waals surface area contributed by atoms with Crippen molar-refractivity contribution in [1.82, 2.24) is 19.8 Å². The van der Waals surface area contributed by atoms with Crippen LogP contribution in [-0.4, -0.2) is 64.9 Å². The molecule has 6 nitrogen and oxygen atoms in total. The Balaban J connectivity index is 1.38. The predicted octanol–water partition coefficient (Wildman–Crippen LogP) is 6.28. The molecular weight excluding hydrogens is 466 g/mol. The van der Waals surface area contributed by atoms with E-state index in [0.29, 0.717) is 0 Å². The van der Waals surface area contributed by atoms with Crippen LogP contribution >= 0.6 is 11.3 Å². The third-order valence-corrected chi connectivity index (χ3v) is 8.19. The maximum atomic E-state index is 12.9. The molecule has 7 heteroatoms. The van der Waals surface area contributed by atoms with Crippen LogP contribution in [0.5, 0.6) is 0 Å². The summed E-state index contributed by atoms with van der Waals surface area (Å²) in [6.45, 7) is 10.0. The maximum Gasteiger partial charge on any atom is 0.263 e. The Bertz CT molecular complexity index is 1340. The average Bonchev–Trinajstić information content (AvgIpc) is 3.36. The van der Waals surface area contributed by atoms with Crippen molar-refractivity contribution in [2.24, 2.45) is 0 Å². The number of nitrogens with zero attached hydrogens (tertiary/aromatic N) is 4. The summed E-state index contributed by atoms with van der Waals surface area (Å²) in [6, 6.07) is 12.5. The molecule has 1 N–H and O–H groups in total. The highest BCUT2D eigenvalue weighted by Crippen LogP contribution is 2.33. The molecule has 36 heavy (non-hydrogen) atoms. The van der Waals surface area contributed by atoms with Crippen molar-refractivity contribution < 1.29 is 4.79 Å². The van der Waals surface area contributed by atoms with Gasteiger partial charge in [0.2, 0.25) is 0 Å². The molecule has 1 aliphatic heterocycles. The fourth-order valence-electron chi connectivity index (χ4n) is 5.03. The van der Waals surface area contributed by atoms with E-state index in [1.165, 1.54) is 32.4 Å². The lowest BCUT2D eigenvalue weighted by Gasteiger charge is -2.26. The largest absolute Gasteiger partial charge is 0.384 e. The second-order valence-electron chi connectivity index (χ2n) is 9.47. The first-order valence-corrected chi connectivity index (χ1v) is 14.0. The zero-order valence-corrected chi connectivity index (χ0v) is 22.1. The molecule has 4 heterocycles. The van der Waals surface area contributed by atoms with E-state index in [0.717, 1.165) is 75.4 Å². The number of carbonyl (C=O) groups excluding carboxylic acids is 1. The summed E-state index contributed by atoms with van der Waals surface area (Å²) in [7, 11) is 0. The van der Waals surface area contributed by atoms with Gasteiger partial charge in [0, 0.05) is 53.4 Å². The lowest BCUT2D eigenvalue weighted by atomic mass is 10.1. The summed E-state index contributed by atoms with van der Waals surface area (Å²) in [5, 5.41) is 5.81. The number of fused-ring (bicyclic) bond motifs is 2. The number of anilines is 1. The highest BCUT2D eigenvalue weighted by molar-refractivity contribution is 7.20. The number of piperidine rings is 1. The zero-order valence-electron chi connectivity index (χ0n) is 21.3. The van der Waals surface area contributed by atoms with Gasteiger partial charge in [0.15, 0.2) is 0 Å². The Morgan fingerprint density at radius 2 is 1.92 bits per heavy atom. The first-order valence-electron chi connectivity index (χ1n) is 13.2. The summed E-state index contributed by atoms with van der Waals surface area (Å²) >= 11 is 1.56. The number of likely N-dealkylation sites (tertiary alicyclic amines) is 1. The minimum atomic E-state index is 0.107. The van der Waals surface area contributed by atoms with Crippen molar-refractivity contribution >= 4 is 43.9 Å². The van der Waals surface area contributed by atoms with Gasteiger partial charge in [0.25, 0.3) is 5.91 Å². The molecule has 188 valence electrons. The number of benzene rings is 1. The van der Waals surface area contributed by atoms with Gasteiger partial charge in [-0.1, -0.05) is 18.6 Å². The molecule has 0 spiro atoms. The Labute approximate surface area is 217 Å². The van der Waals surface area contributed by atoms with Crippen LogP contribution in [0.25, 0.3) is 32.2 Å². The maximum absolute atomic E-state index is 12.9. The van der Waals surface area contributed by atoms with Crippen LogP contribution in [0, 0.1) is 0 Å². The van der Waals surface area contributed by atoms with Crippen LogP contribution in [0.2, 0.25) is 0 Å². The van der Waals surface area contributed by atoms with Gasteiger partial charge in [-0.15, -0.1) is 11.3 Å². The van der Waals surface area contributed by atoms with E-state index in [4.69, 9.17) is 4.98 Å². The van der Waals surface area contributed by atoms with Crippen molar-refractivity contribution in [3.8, 4) is 11.3 Å². The van der Waals surface area contributed by atoms with Crippen LogP contribution < -0.4 is 5.32 Å². The van der Waals surface area contributed by atoms with Crippen molar-refractivity contribution in [2.45, 2.75) is 39.5 Å². The summed E-state index contributed by atoms with van der Waals surface area (Å²) in [6.07, 6.45) is 8.84. The number of hydrogen-bond donors (Lipinski definition) is 1. The fraction of sp³-hybridized carbons (Fsp3) is 0.414. The number of hydrogen-bond acceptors (Lipinski definition) is 6. The summed E-state index contributed by atoms with van der Waals surface area (Å²) in [5.74, 6) is 0.107. The molecule has 0 aliphatic carbocycles. The standard InChI is InChI=1S/C29H35N5OS/c1-3-34(4-2)29(35)28-18-22-10-9-21(17-27(22)36-28)25-19-26(23-20-30-13-11-24(23)32-25)31-12-8-16-33-14-6-5-7-15-33/h9-11,13,17-20H,3-8,12,14-16H2,1-2H3,(H,31,32). The molecule has 4 aromatic rings. The monoisotopic (exact) mass is 501 g/mol. The first-order chi connectivity index (χ1) is 17.7. The van der Waals surface area contributed by atoms with E-state index >= 15 is 0 Å². The van der Waals surface area contributed by atoms with Crippen LogP contribution in [0.3, 0.4) is 0 Å². The van der Waals surface area contributed by atoms with Gasteiger partial charge in [0.05, 0.1) is 16.1 Å². The number of carbonyl (C=O) groups is 1. The number of aromatic nitrogens is 2. The van der Waals surface area contributed by atoms with Gasteiger partial charge in [-0.3, -0.25) is 9.78 Å². The molecule has 3 aromatic heterocycles. The molecule has 1 saturated heterocycles. The molecule has 0 unspecified atom stereocenters. The minimum Gasteiger partial charge on any atom is -0.384 e.